The molecular formula is C15H32N5O3S-. The van der Waals surface area contributed by atoms with Gasteiger partial charge in [-0.25, -0.2) is 5.43 Å². The van der Waals surface area contributed by atoms with E-state index in [1.807, 2.05) is 11.7 Å². The van der Waals surface area contributed by atoms with Gasteiger partial charge in [0, 0.05) is 6.54 Å². The van der Waals surface area contributed by atoms with Crippen molar-refractivity contribution in [2.24, 2.45) is 0 Å². The Balaban J connectivity index is 1.83. The molecule has 0 aliphatic carbocycles. The molecule has 0 aromatic rings. The zero-order valence-electron chi connectivity index (χ0n) is 14.5. The molecule has 4 unspecified atom stereocenters. The van der Waals surface area contributed by atoms with Gasteiger partial charge in [0.2, 0.25) is 0 Å². The van der Waals surface area contributed by atoms with Gasteiger partial charge in [-0.05, 0) is 38.5 Å². The fourth-order valence-electron chi connectivity index (χ4n) is 2.95. The summed E-state index contributed by atoms with van der Waals surface area (Å²) in [6, 6.07) is 0. The number of nitrogens with one attached hydrogen (secondary N) is 5. The second kappa shape index (κ2) is 12.4. The van der Waals surface area contributed by atoms with E-state index in [0.29, 0.717) is 6.73 Å². The van der Waals surface area contributed by atoms with Gasteiger partial charge >= 0.3 is 0 Å². The average molecular weight is 363 g/mol. The van der Waals surface area contributed by atoms with Crippen LogP contribution in [0.25, 0.3) is 0 Å². The van der Waals surface area contributed by atoms with Gasteiger partial charge in [0.05, 0.1) is 12.3 Å². The smallest absolute Gasteiger partial charge is 0.136 e. The number of thioether (sulfide) groups is 1. The summed E-state index contributed by atoms with van der Waals surface area (Å²) < 4.78 is 11.7. The Kier molecular flexibility index (Phi) is 10.5. The summed E-state index contributed by atoms with van der Waals surface area (Å²) in [6.07, 6.45) is 8.92. The molecule has 2 saturated heterocycles. The quantitative estimate of drug-likeness (QED) is 0.466. The standard InChI is InChI=1S/C15H32N5O3S/c1-24-15-17-11-22-14(12-7-8-13(20-21)23-12)16-9-5-3-2-4-6-10-18-19-15/h12-20H,2-11H2,1H3/q-1. The fourth-order valence-corrected chi connectivity index (χ4v) is 3.39. The van der Waals surface area contributed by atoms with Gasteiger partial charge in [0.1, 0.15) is 18.5 Å². The molecule has 2 fully saturated rings. The monoisotopic (exact) mass is 362 g/mol. The molecule has 0 spiro atoms. The van der Waals surface area contributed by atoms with Gasteiger partial charge in [-0.1, -0.05) is 19.3 Å². The molecule has 0 aromatic heterocycles. The first-order valence-corrected chi connectivity index (χ1v) is 10.2. The number of rotatable bonds is 3. The van der Waals surface area contributed by atoms with Crippen molar-refractivity contribution in [3.05, 3.63) is 5.21 Å². The molecule has 0 aromatic carbocycles. The van der Waals surface area contributed by atoms with Crippen molar-refractivity contribution in [3.8, 4) is 0 Å². The maximum Gasteiger partial charge on any atom is 0.136 e. The lowest BCUT2D eigenvalue weighted by Crippen LogP contribution is -2.50. The van der Waals surface area contributed by atoms with Crippen molar-refractivity contribution in [1.82, 2.24) is 27.0 Å². The highest BCUT2D eigenvalue weighted by Gasteiger charge is 2.30. The largest absolute Gasteiger partial charge is 0.786 e. The van der Waals surface area contributed by atoms with Crippen LogP contribution in [0.3, 0.4) is 0 Å². The Labute approximate surface area is 149 Å². The first-order valence-electron chi connectivity index (χ1n) is 8.96. The van der Waals surface area contributed by atoms with Crippen molar-refractivity contribution in [1.29, 1.82) is 0 Å². The van der Waals surface area contributed by atoms with Crippen molar-refractivity contribution in [2.45, 2.75) is 69.0 Å². The van der Waals surface area contributed by atoms with Crippen LogP contribution in [0.15, 0.2) is 0 Å². The van der Waals surface area contributed by atoms with Crippen LogP contribution >= 0.6 is 11.8 Å². The van der Waals surface area contributed by atoms with Crippen LogP contribution in [-0.2, 0) is 9.47 Å². The molecule has 4 atom stereocenters. The maximum atomic E-state index is 10.8. The van der Waals surface area contributed by atoms with E-state index < -0.39 is 6.23 Å². The molecule has 2 aliphatic rings. The van der Waals surface area contributed by atoms with Gasteiger partial charge in [-0.15, -0.1) is 11.8 Å². The summed E-state index contributed by atoms with van der Waals surface area (Å²) in [4.78, 5) is 0. The van der Waals surface area contributed by atoms with Crippen LogP contribution < -0.4 is 27.0 Å². The molecule has 0 bridgehead atoms. The second-order valence-corrected chi connectivity index (χ2v) is 7.15. The lowest BCUT2D eigenvalue weighted by atomic mass is 10.1. The van der Waals surface area contributed by atoms with Gasteiger partial charge < -0.3 is 20.2 Å². The van der Waals surface area contributed by atoms with Crippen LogP contribution in [0.2, 0.25) is 0 Å². The Morgan fingerprint density at radius 2 is 1.83 bits per heavy atom. The predicted molar refractivity (Wildman–Crippen MR) is 96.8 cm³/mol. The highest BCUT2D eigenvalue weighted by atomic mass is 32.2. The summed E-state index contributed by atoms with van der Waals surface area (Å²) in [7, 11) is 0. The van der Waals surface area contributed by atoms with Gasteiger partial charge in [0.15, 0.2) is 0 Å². The SMILES string of the molecule is CSC1NCOC(C2CCC(N[O-])O2)NCCCCCCCNN1. The molecule has 2 rings (SSSR count). The summed E-state index contributed by atoms with van der Waals surface area (Å²) in [5, 5.41) is 17.5. The summed E-state index contributed by atoms with van der Waals surface area (Å²) in [6.45, 7) is 2.29. The highest BCUT2D eigenvalue weighted by molar-refractivity contribution is 7.99. The number of ether oxygens (including phenoxy) is 2. The fraction of sp³-hybridized carbons (Fsp3) is 1.00. The lowest BCUT2D eigenvalue weighted by molar-refractivity contribution is -0.0917. The highest BCUT2D eigenvalue weighted by Crippen LogP contribution is 2.21. The molecule has 9 heteroatoms. The van der Waals surface area contributed by atoms with E-state index in [4.69, 9.17) is 9.47 Å². The molecule has 142 valence electrons. The van der Waals surface area contributed by atoms with E-state index in [9.17, 15) is 5.21 Å². The summed E-state index contributed by atoms with van der Waals surface area (Å²) in [5.74, 6) is 0. The minimum absolute atomic E-state index is 0.0799. The average Bonchev–Trinajstić information content (AvgIpc) is 3.07. The lowest BCUT2D eigenvalue weighted by Gasteiger charge is -2.27. The molecule has 5 N–H and O–H groups in total. The normalized spacial score (nSPS) is 35.2. The van der Waals surface area contributed by atoms with E-state index in [0.717, 1.165) is 32.4 Å². The summed E-state index contributed by atoms with van der Waals surface area (Å²) >= 11 is 1.68. The van der Waals surface area contributed by atoms with E-state index in [1.54, 1.807) is 11.8 Å². The van der Waals surface area contributed by atoms with E-state index >= 15 is 0 Å². The third kappa shape index (κ3) is 7.51. The van der Waals surface area contributed by atoms with E-state index in [1.165, 1.54) is 25.7 Å². The number of hydrogen-bond acceptors (Lipinski definition) is 9. The molecule has 8 nitrogen and oxygen atoms in total. The van der Waals surface area contributed by atoms with E-state index in [2.05, 4.69) is 21.5 Å². The third-order valence-corrected chi connectivity index (χ3v) is 5.10. The minimum atomic E-state index is -0.408. The van der Waals surface area contributed by atoms with Gasteiger partial charge in [-0.2, -0.15) is 0 Å². The van der Waals surface area contributed by atoms with Crippen LogP contribution in [-0.4, -0.2) is 50.1 Å². The molecule has 24 heavy (non-hydrogen) atoms. The maximum absolute atomic E-state index is 10.8. The zero-order valence-corrected chi connectivity index (χ0v) is 15.3. The van der Waals surface area contributed by atoms with Gasteiger partial charge in [-0.3, -0.25) is 16.1 Å². The van der Waals surface area contributed by atoms with Crippen molar-refractivity contribution in [3.63, 3.8) is 0 Å². The molecule has 0 saturated carbocycles. The third-order valence-electron chi connectivity index (χ3n) is 4.35. The Bertz CT molecular complexity index is 329. The summed E-state index contributed by atoms with van der Waals surface area (Å²) in [5.41, 5.74) is 8.55. The number of hydrazine groups is 1. The molecule has 0 amide bonds. The molecule has 2 heterocycles. The topological polar surface area (TPSA) is 102 Å². The number of hydroxylamine groups is 1. The van der Waals surface area contributed by atoms with Crippen LogP contribution in [0.5, 0.6) is 0 Å². The molecular weight excluding hydrogens is 330 g/mol. The molecule has 2 aliphatic heterocycles. The van der Waals surface area contributed by atoms with Gasteiger partial charge in [0.25, 0.3) is 0 Å². The van der Waals surface area contributed by atoms with Crippen molar-refractivity contribution in [2.75, 3.05) is 26.1 Å². The Morgan fingerprint density at radius 1 is 1.04 bits per heavy atom. The van der Waals surface area contributed by atoms with Crippen LogP contribution in [0.1, 0.15) is 44.9 Å². The second-order valence-electron chi connectivity index (χ2n) is 6.20. The zero-order chi connectivity index (χ0) is 17.0. The van der Waals surface area contributed by atoms with Crippen molar-refractivity contribution < 1.29 is 9.47 Å². The first kappa shape index (κ1) is 20.3. The number of hydrogen-bond donors (Lipinski definition) is 5. The van der Waals surface area contributed by atoms with E-state index in [-0.39, 0.29) is 17.8 Å². The van der Waals surface area contributed by atoms with Crippen LogP contribution in [0, 0.1) is 5.21 Å². The Hall–Kier alpha value is 0.0300. The first-order chi connectivity index (χ1) is 11.8. The van der Waals surface area contributed by atoms with Crippen molar-refractivity contribution >= 4 is 11.8 Å². The minimum Gasteiger partial charge on any atom is -0.786 e. The predicted octanol–water partition coefficient (Wildman–Crippen LogP) is 0.763. The Morgan fingerprint density at radius 3 is 2.58 bits per heavy atom. The molecule has 0 radical (unpaired) electrons. The van der Waals surface area contributed by atoms with Crippen LogP contribution in [0.4, 0.5) is 0 Å².